The Morgan fingerprint density at radius 1 is 0.594 bits per heavy atom. The van der Waals surface area contributed by atoms with E-state index >= 15 is 0 Å². The summed E-state index contributed by atoms with van der Waals surface area (Å²) in [4.78, 5) is 38.9. The van der Waals surface area contributed by atoms with Crippen LogP contribution in [0.15, 0.2) is 84.9 Å². The number of phenolic OH excluding ortho intramolecular Hbond substituents is 2. The number of alkyl halides is 6. The third kappa shape index (κ3) is 21.4. The number of phenols is 2. The molecule has 10 N–H and O–H groups in total. The molecule has 4 aromatic rings. The van der Waals surface area contributed by atoms with E-state index in [1.54, 1.807) is 38.5 Å². The summed E-state index contributed by atoms with van der Waals surface area (Å²) in [6.45, 7) is 4.82. The number of carbonyl (C=O) groups excluding carboxylic acids is 2. The van der Waals surface area contributed by atoms with Gasteiger partial charge in [0.2, 0.25) is 12.8 Å². The number of aliphatic hydroxyl groups is 2. The van der Waals surface area contributed by atoms with Crippen molar-refractivity contribution in [3.63, 3.8) is 0 Å². The fourth-order valence-corrected chi connectivity index (χ4v) is 5.12. The third-order valence-corrected chi connectivity index (χ3v) is 8.45. The number of carboxylic acids is 2. The van der Waals surface area contributed by atoms with Gasteiger partial charge < -0.3 is 61.4 Å². The maximum atomic E-state index is 10.6. The summed E-state index contributed by atoms with van der Waals surface area (Å²) in [5.74, 6) is -3.94. The molecule has 4 atom stereocenters. The number of benzene rings is 4. The quantitative estimate of drug-likeness (QED) is 0.0326. The van der Waals surface area contributed by atoms with Crippen LogP contribution < -0.4 is 30.7 Å². The first-order valence-electron chi connectivity index (χ1n) is 18.7. The monoisotopic (exact) mass is 916 g/mol. The van der Waals surface area contributed by atoms with Crippen molar-refractivity contribution in [3.05, 3.63) is 107 Å². The van der Waals surface area contributed by atoms with E-state index in [9.17, 15) is 56.4 Å². The number of methoxy groups -OCH3 is 2. The molecule has 0 radical (unpaired) electrons. The standard InChI is InChI=1S/2C19H24N2O4.2C2HF3O2/c2*1-13(9-14-3-6-16(25-2)7-4-14)20-11-19(24)15-5-8-18(23)17(10-15)21-12-22;2*3-2(4,5)1(6)7/h2*3-8,10,12-13,19-20,23-24H,9,11H2,1-2H3,(H,21,22);2*(H,6,7)/t2*13-,19-;;/m10../s1. The van der Waals surface area contributed by atoms with E-state index in [2.05, 4.69) is 21.3 Å². The molecule has 16 nitrogen and oxygen atoms in total. The summed E-state index contributed by atoms with van der Waals surface area (Å²) in [5, 5.41) is 65.5. The number of hydrogen-bond acceptors (Lipinski definition) is 12. The normalized spacial score (nSPS) is 12.7. The smallest absolute Gasteiger partial charge is 0.490 e. The van der Waals surface area contributed by atoms with Crippen molar-refractivity contribution >= 4 is 36.1 Å². The van der Waals surface area contributed by atoms with E-state index in [0.29, 0.717) is 37.0 Å². The number of amides is 2. The molecular weight excluding hydrogens is 866 g/mol. The van der Waals surface area contributed by atoms with Gasteiger partial charge >= 0.3 is 24.3 Å². The molecule has 352 valence electrons. The number of aromatic hydroxyl groups is 2. The summed E-state index contributed by atoms with van der Waals surface area (Å²) in [6, 6.07) is 25.4. The molecule has 0 fully saturated rings. The van der Waals surface area contributed by atoms with Crippen LogP contribution in [0.1, 0.15) is 48.3 Å². The molecule has 4 aromatic carbocycles. The number of halogens is 6. The molecule has 64 heavy (non-hydrogen) atoms. The highest BCUT2D eigenvalue weighted by molar-refractivity contribution is 5.76. The van der Waals surface area contributed by atoms with Crippen molar-refractivity contribution in [1.29, 1.82) is 0 Å². The Kier molecular flexibility index (Phi) is 23.8. The van der Waals surface area contributed by atoms with Crippen LogP contribution in [0.25, 0.3) is 0 Å². The van der Waals surface area contributed by atoms with Crippen LogP contribution in [0.5, 0.6) is 23.0 Å². The molecule has 0 saturated heterocycles. The first-order chi connectivity index (χ1) is 29.9. The van der Waals surface area contributed by atoms with Gasteiger partial charge in [0.15, 0.2) is 0 Å². The van der Waals surface area contributed by atoms with Gasteiger partial charge in [0, 0.05) is 25.2 Å². The number of hydrogen-bond donors (Lipinski definition) is 10. The second-order valence-corrected chi connectivity index (χ2v) is 13.4. The molecule has 0 aromatic heterocycles. The minimum atomic E-state index is -5.08. The van der Waals surface area contributed by atoms with E-state index in [4.69, 9.17) is 29.3 Å². The summed E-state index contributed by atoms with van der Waals surface area (Å²) in [5.41, 5.74) is 4.14. The highest BCUT2D eigenvalue weighted by Crippen LogP contribution is 2.28. The summed E-state index contributed by atoms with van der Waals surface area (Å²) < 4.78 is 73.8. The van der Waals surface area contributed by atoms with Gasteiger partial charge in [-0.3, -0.25) is 9.59 Å². The lowest BCUT2D eigenvalue weighted by Crippen LogP contribution is -2.32. The largest absolute Gasteiger partial charge is 0.506 e. The zero-order valence-electron chi connectivity index (χ0n) is 34.8. The zero-order valence-corrected chi connectivity index (χ0v) is 34.8. The summed E-state index contributed by atoms with van der Waals surface area (Å²) >= 11 is 0. The molecule has 0 aliphatic heterocycles. The van der Waals surface area contributed by atoms with Crippen molar-refractivity contribution in [3.8, 4) is 23.0 Å². The summed E-state index contributed by atoms with van der Waals surface area (Å²) in [7, 11) is 3.28. The average molecular weight is 917 g/mol. The van der Waals surface area contributed by atoms with Gasteiger partial charge in [0.1, 0.15) is 23.0 Å². The Bertz CT molecular complexity index is 1890. The summed E-state index contributed by atoms with van der Waals surface area (Å²) in [6.07, 6.45) is -9.04. The van der Waals surface area contributed by atoms with Crippen LogP contribution in [0.2, 0.25) is 0 Å². The number of aliphatic hydroxyl groups excluding tert-OH is 2. The predicted molar refractivity (Wildman–Crippen MR) is 221 cm³/mol. The molecule has 2 amide bonds. The lowest BCUT2D eigenvalue weighted by Gasteiger charge is -2.18. The van der Waals surface area contributed by atoms with Crippen molar-refractivity contribution in [2.45, 2.75) is 63.3 Å². The number of anilines is 2. The lowest BCUT2D eigenvalue weighted by molar-refractivity contribution is -0.193. The van der Waals surface area contributed by atoms with Gasteiger partial charge in [0.25, 0.3) is 0 Å². The second kappa shape index (κ2) is 27.4. The Balaban J connectivity index is 0.000000494. The molecule has 0 unspecified atom stereocenters. The predicted octanol–water partition coefficient (Wildman–Crippen LogP) is 5.71. The van der Waals surface area contributed by atoms with Gasteiger partial charge in [-0.2, -0.15) is 26.3 Å². The number of carboxylic acid groups (broad SMARTS) is 2. The van der Waals surface area contributed by atoms with Gasteiger partial charge in [0.05, 0.1) is 37.8 Å². The molecule has 22 heteroatoms. The molecule has 0 spiro atoms. The van der Waals surface area contributed by atoms with Crippen LogP contribution >= 0.6 is 0 Å². The molecule has 0 saturated carbocycles. The van der Waals surface area contributed by atoms with E-state index in [-0.39, 0.29) is 35.0 Å². The van der Waals surface area contributed by atoms with Crippen LogP contribution in [0.4, 0.5) is 37.7 Å². The van der Waals surface area contributed by atoms with Gasteiger partial charge in [-0.25, -0.2) is 9.59 Å². The second-order valence-electron chi connectivity index (χ2n) is 13.4. The minimum Gasteiger partial charge on any atom is -0.506 e. The Labute approximate surface area is 363 Å². The van der Waals surface area contributed by atoms with Crippen molar-refractivity contribution in [1.82, 2.24) is 10.6 Å². The van der Waals surface area contributed by atoms with Crippen molar-refractivity contribution in [2.75, 3.05) is 37.9 Å². The number of nitrogens with one attached hydrogen (secondary N) is 4. The van der Waals surface area contributed by atoms with Crippen molar-refractivity contribution < 1.29 is 85.6 Å². The number of rotatable bonds is 18. The Hall–Kier alpha value is -6.62. The van der Waals surface area contributed by atoms with Gasteiger partial charge in [-0.1, -0.05) is 36.4 Å². The first kappa shape index (κ1) is 55.4. The highest BCUT2D eigenvalue weighted by Gasteiger charge is 2.39. The highest BCUT2D eigenvalue weighted by atomic mass is 19.4. The van der Waals surface area contributed by atoms with Gasteiger partial charge in [-0.15, -0.1) is 0 Å². The molecule has 0 bridgehead atoms. The van der Waals surface area contributed by atoms with Crippen LogP contribution in [0, 0.1) is 0 Å². The third-order valence-electron chi connectivity index (χ3n) is 8.45. The van der Waals surface area contributed by atoms with E-state index in [1.165, 1.54) is 23.3 Å². The number of aliphatic carboxylic acids is 2. The van der Waals surface area contributed by atoms with Gasteiger partial charge in [-0.05, 0) is 97.5 Å². The minimum absolute atomic E-state index is 0.0381. The first-order valence-corrected chi connectivity index (χ1v) is 18.7. The molecule has 0 aliphatic carbocycles. The molecule has 4 rings (SSSR count). The van der Waals surface area contributed by atoms with Crippen LogP contribution in [-0.4, -0.2) is 107 Å². The van der Waals surface area contributed by atoms with E-state index in [0.717, 1.165) is 24.3 Å². The van der Waals surface area contributed by atoms with E-state index in [1.807, 2.05) is 62.4 Å². The lowest BCUT2D eigenvalue weighted by atomic mass is 10.1. The zero-order chi connectivity index (χ0) is 48.6. The Morgan fingerprint density at radius 2 is 0.891 bits per heavy atom. The van der Waals surface area contributed by atoms with Crippen LogP contribution in [-0.2, 0) is 32.0 Å². The average Bonchev–Trinajstić information content (AvgIpc) is 3.24. The molecular formula is C42H50F6N4O12. The van der Waals surface area contributed by atoms with Crippen LogP contribution in [0.3, 0.4) is 0 Å². The number of carbonyl (C=O) groups is 4. The number of ether oxygens (including phenoxy) is 2. The Morgan fingerprint density at radius 3 is 1.14 bits per heavy atom. The fourth-order valence-electron chi connectivity index (χ4n) is 5.12. The molecule has 0 heterocycles. The van der Waals surface area contributed by atoms with Crippen molar-refractivity contribution in [2.24, 2.45) is 0 Å². The fraction of sp³-hybridized carbons (Fsp3) is 0.333. The topological polar surface area (TPSA) is 256 Å². The SMILES string of the molecule is COc1ccc(C[C@@H](C)NC[C@@H](O)c2ccc(O)c(NC=O)c2)cc1.COc1ccc(C[C@H](C)NC[C@H](O)c2ccc(O)c(NC=O)c2)cc1.O=C(O)C(F)(F)F.O=C(O)C(F)(F)F. The maximum Gasteiger partial charge on any atom is 0.490 e. The maximum absolute atomic E-state index is 10.6. The van der Waals surface area contributed by atoms with E-state index < -0.39 is 36.5 Å². The molecule has 0 aliphatic rings.